The Kier molecular flexibility index (Phi) is 9.63. The molecule has 3 aromatic carbocycles. The van der Waals surface area contributed by atoms with Crippen LogP contribution in [-0.2, 0) is 32.6 Å². The van der Waals surface area contributed by atoms with Crippen molar-refractivity contribution in [1.29, 1.82) is 0 Å². The molecular formula is C29H34FN3O4S. The van der Waals surface area contributed by atoms with Gasteiger partial charge >= 0.3 is 0 Å². The van der Waals surface area contributed by atoms with E-state index < -0.39 is 40.2 Å². The number of nitrogens with one attached hydrogen (secondary N) is 1. The van der Waals surface area contributed by atoms with Gasteiger partial charge in [-0.15, -0.1) is 0 Å². The van der Waals surface area contributed by atoms with Gasteiger partial charge in [-0.3, -0.25) is 13.9 Å². The number of nitrogens with zero attached hydrogens (tertiary/aromatic N) is 2. The lowest BCUT2D eigenvalue weighted by molar-refractivity contribution is -0.140. The molecule has 0 aliphatic heterocycles. The molecular weight excluding hydrogens is 505 g/mol. The Morgan fingerprint density at radius 2 is 1.63 bits per heavy atom. The molecule has 0 aliphatic rings. The highest BCUT2D eigenvalue weighted by molar-refractivity contribution is 7.92. The summed E-state index contributed by atoms with van der Waals surface area (Å²) in [6.45, 7) is 4.96. The van der Waals surface area contributed by atoms with E-state index in [2.05, 4.69) is 5.32 Å². The second kappa shape index (κ2) is 12.7. The maximum Gasteiger partial charge on any atom is 0.244 e. The third kappa shape index (κ3) is 7.41. The van der Waals surface area contributed by atoms with Crippen LogP contribution in [0.25, 0.3) is 0 Å². The fourth-order valence-corrected chi connectivity index (χ4v) is 5.14. The Hall–Kier alpha value is -3.72. The second-order valence-corrected chi connectivity index (χ2v) is 11.2. The van der Waals surface area contributed by atoms with Gasteiger partial charge in [0.05, 0.1) is 11.9 Å². The number of carbonyl (C=O) groups is 2. The van der Waals surface area contributed by atoms with Crippen molar-refractivity contribution in [3.05, 3.63) is 101 Å². The van der Waals surface area contributed by atoms with Crippen molar-refractivity contribution in [2.75, 3.05) is 23.7 Å². The van der Waals surface area contributed by atoms with E-state index >= 15 is 0 Å². The summed E-state index contributed by atoms with van der Waals surface area (Å²) in [5.74, 6) is -1.54. The maximum absolute atomic E-state index is 14.7. The normalized spacial score (nSPS) is 12.0. The SMILES string of the molecule is CCNC(=O)[C@H](Cc1ccccc1)N(Cc1ccccc1F)C(=O)CN(c1cc(C)ccc1C)S(C)(=O)=O. The van der Waals surface area contributed by atoms with Crippen LogP contribution in [0, 0.1) is 19.7 Å². The van der Waals surface area contributed by atoms with E-state index in [1.807, 2.05) is 43.3 Å². The molecule has 0 radical (unpaired) electrons. The first-order valence-electron chi connectivity index (χ1n) is 12.4. The first-order valence-corrected chi connectivity index (χ1v) is 14.3. The van der Waals surface area contributed by atoms with Crippen LogP contribution in [-0.4, -0.2) is 50.5 Å². The predicted molar refractivity (Wildman–Crippen MR) is 148 cm³/mol. The van der Waals surface area contributed by atoms with E-state index in [0.717, 1.165) is 21.7 Å². The van der Waals surface area contributed by atoms with E-state index in [1.54, 1.807) is 44.2 Å². The third-order valence-electron chi connectivity index (χ3n) is 6.23. The standard InChI is InChI=1S/C29H34FN3O4S/c1-5-31-29(35)27(18-23-11-7-6-8-12-23)32(19-24-13-9-10-14-25(24)30)28(34)20-33(38(4,36)37)26-17-21(2)15-16-22(26)3/h6-17,27H,5,18-20H2,1-4H3,(H,31,35)/t27-/m0/s1. The smallest absolute Gasteiger partial charge is 0.244 e. The lowest BCUT2D eigenvalue weighted by atomic mass is 10.0. The largest absolute Gasteiger partial charge is 0.355 e. The number of hydrogen-bond donors (Lipinski definition) is 1. The predicted octanol–water partition coefficient (Wildman–Crippen LogP) is 3.98. The fraction of sp³-hybridized carbons (Fsp3) is 0.310. The highest BCUT2D eigenvalue weighted by atomic mass is 32.2. The number of hydrogen-bond acceptors (Lipinski definition) is 4. The monoisotopic (exact) mass is 539 g/mol. The van der Waals surface area contributed by atoms with Crippen LogP contribution in [0.2, 0.25) is 0 Å². The highest BCUT2D eigenvalue weighted by Crippen LogP contribution is 2.25. The Labute approximate surface area is 224 Å². The van der Waals surface area contributed by atoms with Crippen molar-refractivity contribution in [2.24, 2.45) is 0 Å². The van der Waals surface area contributed by atoms with Gasteiger partial charge < -0.3 is 10.2 Å². The van der Waals surface area contributed by atoms with E-state index in [0.29, 0.717) is 17.8 Å². The summed E-state index contributed by atoms with van der Waals surface area (Å²) in [6.07, 6.45) is 1.21. The zero-order valence-corrected chi connectivity index (χ0v) is 23.0. The van der Waals surface area contributed by atoms with Gasteiger partial charge in [0, 0.05) is 25.1 Å². The molecule has 0 spiro atoms. The molecule has 7 nitrogen and oxygen atoms in total. The molecule has 0 bridgehead atoms. The number of halogens is 1. The van der Waals surface area contributed by atoms with Crippen molar-refractivity contribution < 1.29 is 22.4 Å². The topological polar surface area (TPSA) is 86.8 Å². The van der Waals surface area contributed by atoms with Gasteiger partial charge in [-0.25, -0.2) is 12.8 Å². The first kappa shape index (κ1) is 28.8. The zero-order chi connectivity index (χ0) is 27.9. The molecule has 0 saturated carbocycles. The van der Waals surface area contributed by atoms with Crippen LogP contribution in [0.5, 0.6) is 0 Å². The average Bonchev–Trinajstić information content (AvgIpc) is 2.87. The Balaban J connectivity index is 2.08. The number of anilines is 1. The van der Waals surface area contributed by atoms with Crippen LogP contribution in [0.4, 0.5) is 10.1 Å². The molecule has 202 valence electrons. The van der Waals surface area contributed by atoms with Gasteiger partial charge in [-0.1, -0.05) is 60.7 Å². The van der Waals surface area contributed by atoms with Crippen LogP contribution < -0.4 is 9.62 Å². The molecule has 38 heavy (non-hydrogen) atoms. The summed E-state index contributed by atoms with van der Waals surface area (Å²) >= 11 is 0. The highest BCUT2D eigenvalue weighted by Gasteiger charge is 2.33. The van der Waals surface area contributed by atoms with Gasteiger partial charge in [0.2, 0.25) is 21.8 Å². The number of amides is 2. The summed E-state index contributed by atoms with van der Waals surface area (Å²) in [4.78, 5) is 28.5. The number of benzene rings is 3. The second-order valence-electron chi connectivity index (χ2n) is 9.27. The lowest BCUT2D eigenvalue weighted by Crippen LogP contribution is -2.53. The molecule has 2 amide bonds. The van der Waals surface area contributed by atoms with Gasteiger partial charge in [0.15, 0.2) is 0 Å². The van der Waals surface area contributed by atoms with E-state index in [-0.39, 0.29) is 18.5 Å². The summed E-state index contributed by atoms with van der Waals surface area (Å²) in [7, 11) is -3.87. The van der Waals surface area contributed by atoms with Crippen LogP contribution in [0.3, 0.4) is 0 Å². The molecule has 0 unspecified atom stereocenters. The van der Waals surface area contributed by atoms with E-state index in [1.165, 1.54) is 11.0 Å². The summed E-state index contributed by atoms with van der Waals surface area (Å²) in [5.41, 5.74) is 2.92. The quantitative estimate of drug-likeness (QED) is 0.399. The molecule has 1 N–H and O–H groups in total. The Bertz CT molecular complexity index is 1380. The minimum Gasteiger partial charge on any atom is -0.355 e. The van der Waals surface area contributed by atoms with Gasteiger partial charge in [-0.05, 0) is 49.6 Å². The number of sulfonamides is 1. The Morgan fingerprint density at radius 1 is 0.974 bits per heavy atom. The molecule has 0 aliphatic carbocycles. The maximum atomic E-state index is 14.7. The van der Waals surface area contributed by atoms with Gasteiger partial charge in [-0.2, -0.15) is 0 Å². The third-order valence-corrected chi connectivity index (χ3v) is 7.36. The van der Waals surface area contributed by atoms with Crippen molar-refractivity contribution in [3.63, 3.8) is 0 Å². The number of likely N-dealkylation sites (N-methyl/N-ethyl adjacent to an activating group) is 1. The number of carbonyl (C=O) groups excluding carboxylic acids is 2. The van der Waals surface area contributed by atoms with Crippen molar-refractivity contribution in [1.82, 2.24) is 10.2 Å². The average molecular weight is 540 g/mol. The van der Waals surface area contributed by atoms with Crippen molar-refractivity contribution in [3.8, 4) is 0 Å². The lowest BCUT2D eigenvalue weighted by Gasteiger charge is -2.33. The van der Waals surface area contributed by atoms with Gasteiger partial charge in [0.1, 0.15) is 18.4 Å². The van der Waals surface area contributed by atoms with Crippen molar-refractivity contribution >= 4 is 27.5 Å². The molecule has 3 rings (SSSR count). The molecule has 1 atom stereocenters. The Morgan fingerprint density at radius 3 is 2.26 bits per heavy atom. The molecule has 9 heteroatoms. The van der Waals surface area contributed by atoms with E-state index in [9.17, 15) is 22.4 Å². The van der Waals surface area contributed by atoms with Crippen molar-refractivity contribution in [2.45, 2.75) is 39.8 Å². The molecule has 0 heterocycles. The minimum atomic E-state index is -3.87. The van der Waals surface area contributed by atoms with Gasteiger partial charge in [0.25, 0.3) is 0 Å². The summed E-state index contributed by atoms with van der Waals surface area (Å²) in [5, 5.41) is 2.78. The van der Waals surface area contributed by atoms with Crippen LogP contribution >= 0.6 is 0 Å². The summed E-state index contributed by atoms with van der Waals surface area (Å²) in [6, 6.07) is 19.6. The zero-order valence-electron chi connectivity index (χ0n) is 22.1. The fourth-order valence-electron chi connectivity index (χ4n) is 4.24. The molecule has 3 aromatic rings. The first-order chi connectivity index (χ1) is 18.0. The van der Waals surface area contributed by atoms with E-state index in [4.69, 9.17) is 0 Å². The molecule has 0 fully saturated rings. The molecule has 0 saturated heterocycles. The number of rotatable bonds is 11. The minimum absolute atomic E-state index is 0.176. The van der Waals surface area contributed by atoms with Crippen LogP contribution in [0.1, 0.15) is 29.2 Å². The summed E-state index contributed by atoms with van der Waals surface area (Å²) < 4.78 is 41.5. The number of aryl methyl sites for hydroxylation is 2. The van der Waals surface area contributed by atoms with Crippen LogP contribution in [0.15, 0.2) is 72.8 Å². The molecule has 0 aromatic heterocycles.